The second-order valence-corrected chi connectivity index (χ2v) is 5.64. The van der Waals surface area contributed by atoms with Gasteiger partial charge in [0.05, 0.1) is 22.7 Å². The van der Waals surface area contributed by atoms with Crippen molar-refractivity contribution in [2.24, 2.45) is 0 Å². The zero-order chi connectivity index (χ0) is 14.9. The molecule has 2 aromatic carbocycles. The largest absolute Gasteiger partial charge is 0.371 e. The van der Waals surface area contributed by atoms with Crippen LogP contribution in [0.4, 0.5) is 5.69 Å². The van der Waals surface area contributed by atoms with Crippen molar-refractivity contribution in [3.05, 3.63) is 54.4 Å². The number of aromatic nitrogens is 2. The van der Waals surface area contributed by atoms with E-state index in [1.807, 2.05) is 24.5 Å². The van der Waals surface area contributed by atoms with Crippen molar-refractivity contribution < 1.29 is 0 Å². The summed E-state index contributed by atoms with van der Waals surface area (Å²) in [6, 6.07) is 16.4. The second kappa shape index (κ2) is 5.19. The number of fused-ring (bicyclic) bond motifs is 1. The number of hydrogen-bond donors (Lipinski definition) is 0. The first-order chi connectivity index (χ1) is 10.8. The highest BCUT2D eigenvalue weighted by atomic mass is 15.1. The van der Waals surface area contributed by atoms with E-state index in [4.69, 9.17) is 5.26 Å². The van der Waals surface area contributed by atoms with E-state index in [0.29, 0.717) is 5.56 Å². The number of hydrogen-bond acceptors (Lipinski definition) is 3. The number of nitriles is 1. The van der Waals surface area contributed by atoms with Crippen molar-refractivity contribution in [3.8, 4) is 11.8 Å². The minimum Gasteiger partial charge on any atom is -0.371 e. The molecule has 0 N–H and O–H groups in total. The van der Waals surface area contributed by atoms with Gasteiger partial charge in [-0.15, -0.1) is 0 Å². The van der Waals surface area contributed by atoms with E-state index in [0.717, 1.165) is 29.8 Å². The van der Waals surface area contributed by atoms with E-state index in [-0.39, 0.29) is 0 Å². The summed E-state index contributed by atoms with van der Waals surface area (Å²) in [5.74, 6) is 0. The standard InChI is InChI=1S/C18H16N4/c19-12-14-6-7-18-17(10-14)20-13-22(18)16-5-3-4-15(11-16)21-8-1-2-9-21/h3-7,10-11,13H,1-2,8-9H2. The maximum atomic E-state index is 8.99. The average molecular weight is 288 g/mol. The third-order valence-corrected chi connectivity index (χ3v) is 4.26. The van der Waals surface area contributed by atoms with Crippen LogP contribution in [0.3, 0.4) is 0 Å². The number of rotatable bonds is 2. The molecule has 1 fully saturated rings. The number of anilines is 1. The lowest BCUT2D eigenvalue weighted by Crippen LogP contribution is -2.17. The first kappa shape index (κ1) is 12.9. The zero-order valence-corrected chi connectivity index (χ0v) is 12.2. The molecule has 1 aromatic heterocycles. The van der Waals surface area contributed by atoms with Gasteiger partial charge in [-0.05, 0) is 49.2 Å². The van der Waals surface area contributed by atoms with Gasteiger partial charge in [0.1, 0.15) is 6.33 Å². The average Bonchev–Trinajstić information content (AvgIpc) is 3.24. The summed E-state index contributed by atoms with van der Waals surface area (Å²) in [6.07, 6.45) is 4.37. The fourth-order valence-electron chi connectivity index (χ4n) is 3.10. The molecular formula is C18H16N4. The quantitative estimate of drug-likeness (QED) is 0.725. The van der Waals surface area contributed by atoms with Gasteiger partial charge in [-0.1, -0.05) is 6.07 Å². The highest BCUT2D eigenvalue weighted by Gasteiger charge is 2.13. The highest BCUT2D eigenvalue weighted by Crippen LogP contribution is 2.25. The Morgan fingerprint density at radius 3 is 2.64 bits per heavy atom. The van der Waals surface area contributed by atoms with Gasteiger partial charge in [-0.3, -0.25) is 4.57 Å². The normalized spacial score (nSPS) is 14.4. The summed E-state index contributed by atoms with van der Waals surface area (Å²) in [7, 11) is 0. The van der Waals surface area contributed by atoms with E-state index in [9.17, 15) is 0 Å². The van der Waals surface area contributed by atoms with Crippen LogP contribution in [0.25, 0.3) is 16.7 Å². The van der Waals surface area contributed by atoms with Crippen LogP contribution < -0.4 is 4.90 Å². The Bertz CT molecular complexity index is 866. The predicted octanol–water partition coefficient (Wildman–Crippen LogP) is 3.50. The van der Waals surface area contributed by atoms with Crippen LogP contribution in [0.15, 0.2) is 48.8 Å². The minimum atomic E-state index is 0.642. The molecule has 0 amide bonds. The van der Waals surface area contributed by atoms with Crippen molar-refractivity contribution in [2.45, 2.75) is 12.8 Å². The van der Waals surface area contributed by atoms with E-state index >= 15 is 0 Å². The van der Waals surface area contributed by atoms with Gasteiger partial charge in [0.25, 0.3) is 0 Å². The van der Waals surface area contributed by atoms with Crippen LogP contribution in [0.5, 0.6) is 0 Å². The molecule has 3 aromatic rings. The van der Waals surface area contributed by atoms with Gasteiger partial charge >= 0.3 is 0 Å². The number of benzene rings is 2. The van der Waals surface area contributed by atoms with Crippen LogP contribution in [0, 0.1) is 11.3 Å². The summed E-state index contributed by atoms with van der Waals surface area (Å²) in [4.78, 5) is 6.86. The van der Waals surface area contributed by atoms with Gasteiger partial charge in [0.15, 0.2) is 0 Å². The SMILES string of the molecule is N#Cc1ccc2c(c1)ncn2-c1cccc(N2CCCC2)c1. The maximum absolute atomic E-state index is 8.99. The van der Waals surface area contributed by atoms with Crippen molar-refractivity contribution in [3.63, 3.8) is 0 Å². The van der Waals surface area contributed by atoms with E-state index in [1.165, 1.54) is 18.5 Å². The predicted molar refractivity (Wildman–Crippen MR) is 87.2 cm³/mol. The molecule has 0 saturated carbocycles. The van der Waals surface area contributed by atoms with Crippen molar-refractivity contribution >= 4 is 16.7 Å². The first-order valence-corrected chi connectivity index (χ1v) is 7.58. The molecule has 2 heterocycles. The van der Waals surface area contributed by atoms with E-state index in [1.54, 1.807) is 0 Å². The molecule has 0 radical (unpaired) electrons. The van der Waals surface area contributed by atoms with Crippen molar-refractivity contribution in [2.75, 3.05) is 18.0 Å². The molecule has 1 aliphatic heterocycles. The molecular weight excluding hydrogens is 272 g/mol. The molecule has 1 aliphatic rings. The Kier molecular flexibility index (Phi) is 3.05. The zero-order valence-electron chi connectivity index (χ0n) is 12.2. The maximum Gasteiger partial charge on any atom is 0.100 e. The van der Waals surface area contributed by atoms with Gasteiger partial charge in [-0.2, -0.15) is 5.26 Å². The molecule has 0 aliphatic carbocycles. The Morgan fingerprint density at radius 2 is 1.82 bits per heavy atom. The molecule has 108 valence electrons. The molecule has 1 saturated heterocycles. The highest BCUT2D eigenvalue weighted by molar-refractivity contribution is 5.79. The summed E-state index contributed by atoms with van der Waals surface area (Å²) < 4.78 is 2.08. The monoisotopic (exact) mass is 288 g/mol. The molecule has 22 heavy (non-hydrogen) atoms. The molecule has 4 nitrogen and oxygen atoms in total. The molecule has 4 rings (SSSR count). The van der Waals surface area contributed by atoms with E-state index in [2.05, 4.69) is 44.8 Å². The summed E-state index contributed by atoms with van der Waals surface area (Å²) in [5, 5.41) is 8.99. The fraction of sp³-hybridized carbons (Fsp3) is 0.222. The van der Waals surface area contributed by atoms with Crippen molar-refractivity contribution in [1.82, 2.24) is 9.55 Å². The Balaban J connectivity index is 1.78. The van der Waals surface area contributed by atoms with Crippen molar-refractivity contribution in [1.29, 1.82) is 5.26 Å². The summed E-state index contributed by atoms with van der Waals surface area (Å²) in [6.45, 7) is 2.28. The third kappa shape index (κ3) is 2.11. The third-order valence-electron chi connectivity index (χ3n) is 4.26. The Hall–Kier alpha value is -2.80. The van der Waals surface area contributed by atoms with Gasteiger partial charge in [0, 0.05) is 24.5 Å². The molecule has 4 heteroatoms. The Labute approximate surface area is 129 Å². The Morgan fingerprint density at radius 1 is 1.00 bits per heavy atom. The lowest BCUT2D eigenvalue weighted by Gasteiger charge is -2.18. The number of imidazole rings is 1. The lowest BCUT2D eigenvalue weighted by molar-refractivity contribution is 0.949. The van der Waals surface area contributed by atoms with Crippen LogP contribution in [0.1, 0.15) is 18.4 Å². The topological polar surface area (TPSA) is 44.9 Å². The van der Waals surface area contributed by atoms with Crippen LogP contribution in [-0.2, 0) is 0 Å². The molecule has 0 spiro atoms. The van der Waals surface area contributed by atoms with Gasteiger partial charge in [-0.25, -0.2) is 4.98 Å². The minimum absolute atomic E-state index is 0.642. The van der Waals surface area contributed by atoms with Crippen LogP contribution in [0.2, 0.25) is 0 Å². The van der Waals surface area contributed by atoms with Crippen LogP contribution >= 0.6 is 0 Å². The number of nitrogens with zero attached hydrogens (tertiary/aromatic N) is 4. The molecule has 0 unspecified atom stereocenters. The van der Waals surface area contributed by atoms with Gasteiger partial charge in [0.2, 0.25) is 0 Å². The summed E-state index contributed by atoms with van der Waals surface area (Å²) >= 11 is 0. The second-order valence-electron chi connectivity index (χ2n) is 5.64. The fourth-order valence-corrected chi connectivity index (χ4v) is 3.10. The smallest absolute Gasteiger partial charge is 0.100 e. The first-order valence-electron chi connectivity index (χ1n) is 7.58. The molecule has 0 bridgehead atoms. The lowest BCUT2D eigenvalue weighted by atomic mass is 10.2. The van der Waals surface area contributed by atoms with Gasteiger partial charge < -0.3 is 4.90 Å². The van der Waals surface area contributed by atoms with E-state index < -0.39 is 0 Å². The van der Waals surface area contributed by atoms with Crippen LogP contribution in [-0.4, -0.2) is 22.6 Å². The molecule has 0 atom stereocenters. The summed E-state index contributed by atoms with van der Waals surface area (Å²) in [5.41, 5.74) is 4.90.